The molecule has 0 radical (unpaired) electrons. The van der Waals surface area contributed by atoms with Crippen molar-refractivity contribution in [1.82, 2.24) is 10.2 Å². The molecule has 1 aromatic rings. The van der Waals surface area contributed by atoms with E-state index in [0.29, 0.717) is 18.2 Å². The molecule has 0 spiro atoms. The lowest BCUT2D eigenvalue weighted by Gasteiger charge is -2.32. The summed E-state index contributed by atoms with van der Waals surface area (Å²) in [5.41, 5.74) is 0.547. The molecule has 1 aromatic carbocycles. The van der Waals surface area contributed by atoms with Crippen molar-refractivity contribution in [2.45, 2.75) is 44.3 Å². The Morgan fingerprint density at radius 3 is 2.47 bits per heavy atom. The minimum atomic E-state index is -0.515. The number of benzene rings is 1. The lowest BCUT2D eigenvalue weighted by Crippen LogP contribution is -2.43. The second-order valence-electron chi connectivity index (χ2n) is 5.66. The van der Waals surface area contributed by atoms with Gasteiger partial charge in [-0.3, -0.25) is 0 Å². The van der Waals surface area contributed by atoms with Crippen molar-refractivity contribution in [3.05, 3.63) is 35.4 Å². The van der Waals surface area contributed by atoms with Crippen molar-refractivity contribution < 1.29 is 8.78 Å². The van der Waals surface area contributed by atoms with Crippen LogP contribution in [0.5, 0.6) is 0 Å². The van der Waals surface area contributed by atoms with E-state index in [4.69, 9.17) is 0 Å². The van der Waals surface area contributed by atoms with Crippen LogP contribution in [0.1, 0.15) is 31.2 Å². The number of halogens is 2. The van der Waals surface area contributed by atoms with Gasteiger partial charge in [-0.25, -0.2) is 8.78 Å². The van der Waals surface area contributed by atoms with Gasteiger partial charge in [0.15, 0.2) is 0 Å². The van der Waals surface area contributed by atoms with Crippen LogP contribution in [0.4, 0.5) is 8.78 Å². The van der Waals surface area contributed by atoms with Gasteiger partial charge >= 0.3 is 0 Å². The van der Waals surface area contributed by atoms with Gasteiger partial charge in [-0.15, -0.1) is 0 Å². The largest absolute Gasteiger partial charge is 0.310 e. The normalized spacial score (nSPS) is 21.8. The maximum absolute atomic E-state index is 13.5. The maximum Gasteiger partial charge on any atom is 0.130 e. The van der Waals surface area contributed by atoms with Crippen LogP contribution in [0.15, 0.2) is 18.2 Å². The van der Waals surface area contributed by atoms with Crippen LogP contribution in [-0.4, -0.2) is 30.1 Å². The Bertz CT molecular complexity index is 438. The second-order valence-corrected chi connectivity index (χ2v) is 5.66. The SMILES string of the molecule is Fc1ccc(CNC2CCN(C3CC3)CC2)c(F)c1. The summed E-state index contributed by atoms with van der Waals surface area (Å²) in [6.45, 7) is 2.78. The van der Waals surface area contributed by atoms with Crippen LogP contribution in [0, 0.1) is 11.6 Å². The number of piperidine rings is 1. The van der Waals surface area contributed by atoms with E-state index in [1.54, 1.807) is 0 Å². The van der Waals surface area contributed by atoms with Crippen LogP contribution >= 0.6 is 0 Å². The highest BCUT2D eigenvalue weighted by molar-refractivity contribution is 5.18. The van der Waals surface area contributed by atoms with Crippen LogP contribution in [0.3, 0.4) is 0 Å². The fourth-order valence-electron chi connectivity index (χ4n) is 2.83. The summed E-state index contributed by atoms with van der Waals surface area (Å²) in [6.07, 6.45) is 4.97. The first kappa shape index (κ1) is 13.0. The molecule has 19 heavy (non-hydrogen) atoms. The van der Waals surface area contributed by atoms with E-state index >= 15 is 0 Å². The van der Waals surface area contributed by atoms with E-state index in [2.05, 4.69) is 10.2 Å². The van der Waals surface area contributed by atoms with E-state index in [1.165, 1.54) is 25.0 Å². The van der Waals surface area contributed by atoms with Crippen LogP contribution in [0.25, 0.3) is 0 Å². The second kappa shape index (κ2) is 5.55. The number of likely N-dealkylation sites (tertiary alicyclic amines) is 1. The summed E-state index contributed by atoms with van der Waals surface area (Å²) in [4.78, 5) is 2.57. The monoisotopic (exact) mass is 266 g/mol. The third-order valence-electron chi connectivity index (χ3n) is 4.19. The predicted octanol–water partition coefficient (Wildman–Crippen LogP) is 2.68. The van der Waals surface area contributed by atoms with Crippen LogP contribution < -0.4 is 5.32 Å². The molecule has 1 aliphatic heterocycles. The van der Waals surface area contributed by atoms with Crippen molar-refractivity contribution in [1.29, 1.82) is 0 Å². The Balaban J connectivity index is 1.47. The van der Waals surface area contributed by atoms with Crippen molar-refractivity contribution in [2.24, 2.45) is 0 Å². The lowest BCUT2D eigenvalue weighted by atomic mass is 10.0. The Morgan fingerprint density at radius 2 is 1.84 bits per heavy atom. The zero-order valence-corrected chi connectivity index (χ0v) is 11.0. The molecule has 2 aliphatic rings. The Kier molecular flexibility index (Phi) is 3.80. The number of hydrogen-bond acceptors (Lipinski definition) is 2. The molecular formula is C15H20F2N2. The molecule has 0 unspecified atom stereocenters. The molecule has 2 fully saturated rings. The van der Waals surface area contributed by atoms with Gasteiger partial charge in [-0.2, -0.15) is 0 Å². The molecule has 1 heterocycles. The summed E-state index contributed by atoms with van der Waals surface area (Å²) >= 11 is 0. The smallest absolute Gasteiger partial charge is 0.130 e. The highest BCUT2D eigenvalue weighted by Gasteiger charge is 2.31. The molecule has 4 heteroatoms. The fraction of sp³-hybridized carbons (Fsp3) is 0.600. The van der Waals surface area contributed by atoms with Crippen molar-refractivity contribution >= 4 is 0 Å². The molecule has 0 bridgehead atoms. The molecule has 1 aliphatic carbocycles. The Labute approximate surface area is 112 Å². The average molecular weight is 266 g/mol. The Hall–Kier alpha value is -1.00. The lowest BCUT2D eigenvalue weighted by molar-refractivity contribution is 0.189. The van der Waals surface area contributed by atoms with Gasteiger partial charge in [-0.05, 0) is 44.8 Å². The quantitative estimate of drug-likeness (QED) is 0.901. The topological polar surface area (TPSA) is 15.3 Å². The van der Waals surface area contributed by atoms with Crippen molar-refractivity contribution in [2.75, 3.05) is 13.1 Å². The first-order chi connectivity index (χ1) is 9.22. The summed E-state index contributed by atoms with van der Waals surface area (Å²) < 4.78 is 26.3. The molecule has 1 saturated carbocycles. The highest BCUT2D eigenvalue weighted by Crippen LogP contribution is 2.29. The van der Waals surface area contributed by atoms with Crippen molar-refractivity contribution in [3.63, 3.8) is 0 Å². The van der Waals surface area contributed by atoms with E-state index in [9.17, 15) is 8.78 Å². The highest BCUT2D eigenvalue weighted by atomic mass is 19.1. The number of nitrogens with zero attached hydrogens (tertiary/aromatic N) is 1. The number of nitrogens with one attached hydrogen (secondary N) is 1. The zero-order valence-electron chi connectivity index (χ0n) is 11.0. The summed E-state index contributed by atoms with van der Waals surface area (Å²) in [5.74, 6) is -0.970. The van der Waals surface area contributed by atoms with Crippen LogP contribution in [0.2, 0.25) is 0 Å². The fourth-order valence-corrected chi connectivity index (χ4v) is 2.83. The van der Waals surface area contributed by atoms with Gasteiger partial charge in [0.2, 0.25) is 0 Å². The molecule has 3 rings (SSSR count). The zero-order chi connectivity index (χ0) is 13.2. The molecule has 1 saturated heterocycles. The van der Waals surface area contributed by atoms with Gasteiger partial charge in [0.25, 0.3) is 0 Å². The standard InChI is InChI=1S/C15H20F2N2/c16-12-2-1-11(15(17)9-12)10-18-13-5-7-19(8-6-13)14-3-4-14/h1-2,9,13-14,18H,3-8,10H2. The summed E-state index contributed by atoms with van der Waals surface area (Å²) in [6, 6.07) is 5.09. The molecule has 0 atom stereocenters. The predicted molar refractivity (Wildman–Crippen MR) is 70.8 cm³/mol. The molecule has 104 valence electrons. The first-order valence-electron chi connectivity index (χ1n) is 7.14. The Morgan fingerprint density at radius 1 is 1.11 bits per heavy atom. The molecule has 2 nitrogen and oxygen atoms in total. The van der Waals surface area contributed by atoms with Gasteiger partial charge in [0.1, 0.15) is 11.6 Å². The number of hydrogen-bond donors (Lipinski definition) is 1. The third-order valence-corrected chi connectivity index (χ3v) is 4.19. The van der Waals surface area contributed by atoms with Gasteiger partial charge in [0, 0.05) is 30.3 Å². The number of rotatable bonds is 4. The van der Waals surface area contributed by atoms with Gasteiger partial charge < -0.3 is 10.2 Å². The van der Waals surface area contributed by atoms with Gasteiger partial charge in [0.05, 0.1) is 0 Å². The molecule has 1 N–H and O–H groups in total. The van der Waals surface area contributed by atoms with E-state index in [0.717, 1.165) is 38.0 Å². The average Bonchev–Trinajstić information content (AvgIpc) is 3.23. The molecule has 0 aromatic heterocycles. The molecule has 0 amide bonds. The third kappa shape index (κ3) is 3.31. The first-order valence-corrected chi connectivity index (χ1v) is 7.14. The van der Waals surface area contributed by atoms with Gasteiger partial charge in [-0.1, -0.05) is 6.07 Å². The summed E-state index contributed by atoms with van der Waals surface area (Å²) in [5, 5.41) is 3.39. The minimum absolute atomic E-state index is 0.456. The van der Waals surface area contributed by atoms with Crippen molar-refractivity contribution in [3.8, 4) is 0 Å². The van der Waals surface area contributed by atoms with E-state index in [-0.39, 0.29) is 0 Å². The minimum Gasteiger partial charge on any atom is -0.310 e. The summed E-state index contributed by atoms with van der Waals surface area (Å²) in [7, 11) is 0. The maximum atomic E-state index is 13.5. The van der Waals surface area contributed by atoms with E-state index in [1.807, 2.05) is 0 Å². The van der Waals surface area contributed by atoms with Crippen LogP contribution in [-0.2, 0) is 6.54 Å². The molecular weight excluding hydrogens is 246 g/mol. The van der Waals surface area contributed by atoms with E-state index < -0.39 is 11.6 Å².